The zero-order chi connectivity index (χ0) is 37.6. The van der Waals surface area contributed by atoms with Gasteiger partial charge in [-0.15, -0.1) is 11.3 Å². The van der Waals surface area contributed by atoms with E-state index in [4.69, 9.17) is 9.72 Å². The molecule has 3 N–H and O–H groups in total. The van der Waals surface area contributed by atoms with Crippen molar-refractivity contribution in [1.82, 2.24) is 24.8 Å². The Bertz CT molecular complexity index is 1940. The zero-order valence-corrected chi connectivity index (χ0v) is 32.4. The van der Waals surface area contributed by atoms with Crippen LogP contribution in [0.2, 0.25) is 0 Å². The van der Waals surface area contributed by atoms with Crippen LogP contribution in [0.25, 0.3) is 6.08 Å². The van der Waals surface area contributed by atoms with Crippen molar-refractivity contribution in [2.75, 3.05) is 11.9 Å². The van der Waals surface area contributed by atoms with Crippen molar-refractivity contribution < 1.29 is 32.3 Å². The number of aryl methyl sites for hydroxylation is 1. The molecule has 2 aromatic rings. The second-order valence-electron chi connectivity index (χ2n) is 16.0. The summed E-state index contributed by atoms with van der Waals surface area (Å²) in [4.78, 5) is 64.7. The maximum Gasteiger partial charge on any atom is 0.410 e. The monoisotopic (exact) mass is 778 g/mol. The van der Waals surface area contributed by atoms with Crippen LogP contribution in [-0.2, 0) is 48.7 Å². The van der Waals surface area contributed by atoms with Crippen LogP contribution >= 0.6 is 11.3 Å². The molecule has 13 nitrogen and oxygen atoms in total. The van der Waals surface area contributed by atoms with E-state index in [1.54, 1.807) is 4.90 Å². The number of ether oxygens (including phenoxy) is 1. The normalized spacial score (nSPS) is 29.6. The standard InChI is InChI=1S/C39H50N6O7S2/c1-2-27-19-39(27,36(48)43-54(50,51)30-16-17-30)42-34(46)32-18-29-21-45(32)35(47)33(25-11-6-3-7-12-25)41-37-40-28(23-53-37)15-8-4-5-10-24-13-9-14-26-20-44(22-31(24)26)38(49)52-29/h5,9-10,13-14,23,25,27,29-30,32-33H,2-4,6-8,11-12,15-22H2,1H3,(H,40,41)(H,42,46)(H,43,48)/b10-5-/t27-,29-,32+,33+,39-/m1/s1. The summed E-state index contributed by atoms with van der Waals surface area (Å²) in [7, 11) is -3.84. The Kier molecular flexibility index (Phi) is 10.2. The Morgan fingerprint density at radius 1 is 1.09 bits per heavy atom. The van der Waals surface area contributed by atoms with Gasteiger partial charge in [0.05, 0.1) is 24.0 Å². The van der Waals surface area contributed by atoms with E-state index < -0.39 is 56.9 Å². The lowest BCUT2D eigenvalue weighted by Crippen LogP contribution is -2.58. The number of benzene rings is 1. The smallest absolute Gasteiger partial charge is 0.410 e. The van der Waals surface area contributed by atoms with Crippen molar-refractivity contribution in [2.24, 2.45) is 11.8 Å². The maximum absolute atomic E-state index is 14.9. The number of anilines is 1. The van der Waals surface area contributed by atoms with Gasteiger partial charge in [-0.25, -0.2) is 18.2 Å². The van der Waals surface area contributed by atoms with E-state index in [9.17, 15) is 27.6 Å². The van der Waals surface area contributed by atoms with Crippen LogP contribution < -0.4 is 15.4 Å². The summed E-state index contributed by atoms with van der Waals surface area (Å²) >= 11 is 1.47. The quantitative estimate of drug-likeness (QED) is 0.356. The number of rotatable bonds is 7. The van der Waals surface area contributed by atoms with E-state index in [2.05, 4.69) is 33.6 Å². The number of carbonyl (C=O) groups excluding carboxylic acids is 4. The van der Waals surface area contributed by atoms with Crippen molar-refractivity contribution >= 4 is 56.4 Å². The van der Waals surface area contributed by atoms with Gasteiger partial charge in [-0.1, -0.05) is 63.0 Å². The fourth-order valence-electron chi connectivity index (χ4n) is 8.88. The first-order valence-corrected chi connectivity index (χ1v) is 22.1. The highest BCUT2D eigenvalue weighted by molar-refractivity contribution is 7.91. The fourth-order valence-corrected chi connectivity index (χ4v) is 11.0. The number of allylic oxidation sites excluding steroid dienone is 1. The molecule has 5 atom stereocenters. The summed E-state index contributed by atoms with van der Waals surface area (Å²) in [5, 5.41) is 8.50. The third-order valence-corrected chi connectivity index (χ3v) is 14.9. The number of sulfonamides is 1. The summed E-state index contributed by atoms with van der Waals surface area (Å²) < 4.78 is 33.9. The Balaban J connectivity index is 1.09. The van der Waals surface area contributed by atoms with Crippen LogP contribution in [0.5, 0.6) is 0 Å². The SMILES string of the molecule is CC[C@@H]1C[C@]1(NC(=O)[C@@H]1C[C@@H]2CN1C(=O)[C@H](C1CCCCC1)Nc1nc(cs1)CCC/C=C\c1cccc3c1CN(C3)C(=O)O2)C(=O)NS(=O)(=O)C1CC1. The summed E-state index contributed by atoms with van der Waals surface area (Å²) in [6, 6.07) is 4.38. The lowest BCUT2D eigenvalue weighted by atomic mass is 9.83. The Hall–Kier alpha value is -3.98. The molecule has 1 aromatic heterocycles. The highest BCUT2D eigenvalue weighted by atomic mass is 32.2. The van der Waals surface area contributed by atoms with Gasteiger partial charge in [0, 0.05) is 18.3 Å². The predicted molar refractivity (Wildman–Crippen MR) is 204 cm³/mol. The maximum atomic E-state index is 14.9. The minimum absolute atomic E-state index is 0.0118. The topological polar surface area (TPSA) is 167 Å². The van der Waals surface area contributed by atoms with Gasteiger partial charge in [-0.3, -0.25) is 24.0 Å². The molecular formula is C39H50N6O7S2. The van der Waals surface area contributed by atoms with Crippen LogP contribution in [0.4, 0.5) is 9.93 Å². The largest absolute Gasteiger partial charge is 0.444 e. The number of hydrogen-bond acceptors (Lipinski definition) is 10. The Labute approximate surface area is 320 Å². The minimum Gasteiger partial charge on any atom is -0.444 e. The molecule has 4 fully saturated rings. The number of nitrogens with zero attached hydrogens (tertiary/aromatic N) is 3. The minimum atomic E-state index is -3.84. The van der Waals surface area contributed by atoms with Gasteiger partial charge in [-0.2, -0.15) is 0 Å². The molecule has 4 heterocycles. The van der Waals surface area contributed by atoms with E-state index in [0.29, 0.717) is 43.9 Å². The van der Waals surface area contributed by atoms with E-state index in [1.807, 2.05) is 24.4 Å². The average molecular weight is 779 g/mol. The van der Waals surface area contributed by atoms with Gasteiger partial charge in [0.15, 0.2) is 5.13 Å². The molecule has 1 aromatic carbocycles. The van der Waals surface area contributed by atoms with Crippen LogP contribution in [0, 0.1) is 11.8 Å². The number of amides is 4. The van der Waals surface area contributed by atoms with Gasteiger partial charge in [0.25, 0.3) is 5.91 Å². The van der Waals surface area contributed by atoms with Gasteiger partial charge < -0.3 is 20.3 Å². The van der Waals surface area contributed by atoms with Crippen LogP contribution in [0.15, 0.2) is 29.7 Å². The molecule has 0 unspecified atom stereocenters. The van der Waals surface area contributed by atoms with Crippen LogP contribution in [-0.4, -0.2) is 82.5 Å². The first-order valence-electron chi connectivity index (χ1n) is 19.7. The highest BCUT2D eigenvalue weighted by Crippen LogP contribution is 2.47. The van der Waals surface area contributed by atoms with E-state index in [0.717, 1.165) is 73.8 Å². The summed E-state index contributed by atoms with van der Waals surface area (Å²) in [6.07, 6.45) is 12.3. The first-order chi connectivity index (χ1) is 26.0. The summed E-state index contributed by atoms with van der Waals surface area (Å²) in [5.74, 6) is -1.80. The lowest BCUT2D eigenvalue weighted by molar-refractivity contribution is -0.141. The Morgan fingerprint density at radius 2 is 1.91 bits per heavy atom. The first kappa shape index (κ1) is 37.0. The number of nitrogens with one attached hydrogen (secondary N) is 3. The van der Waals surface area contributed by atoms with Crippen molar-refractivity contribution in [1.29, 1.82) is 0 Å². The van der Waals surface area contributed by atoms with Crippen molar-refractivity contribution in [2.45, 2.75) is 132 Å². The molecule has 3 aliphatic heterocycles. The molecule has 8 rings (SSSR count). The molecule has 3 saturated carbocycles. The third-order valence-electron chi connectivity index (χ3n) is 12.3. The molecular weight excluding hydrogens is 729 g/mol. The summed E-state index contributed by atoms with van der Waals surface area (Å²) in [6.45, 7) is 2.70. The van der Waals surface area contributed by atoms with Crippen LogP contribution in [0.3, 0.4) is 0 Å². The molecule has 6 aliphatic rings. The van der Waals surface area contributed by atoms with E-state index in [-0.39, 0.29) is 30.7 Å². The molecule has 0 spiro atoms. The lowest BCUT2D eigenvalue weighted by Gasteiger charge is -2.34. The molecule has 0 radical (unpaired) electrons. The van der Waals surface area contributed by atoms with Gasteiger partial charge >= 0.3 is 6.09 Å². The average Bonchev–Trinajstić information content (AvgIpc) is 3.98. The van der Waals surface area contributed by atoms with Gasteiger partial charge in [0.1, 0.15) is 23.7 Å². The second kappa shape index (κ2) is 14.9. The highest BCUT2D eigenvalue weighted by Gasteiger charge is 2.62. The van der Waals surface area contributed by atoms with Crippen molar-refractivity contribution in [3.63, 3.8) is 0 Å². The van der Waals surface area contributed by atoms with Gasteiger partial charge in [-0.05, 0) is 79.9 Å². The third kappa shape index (κ3) is 7.49. The van der Waals surface area contributed by atoms with E-state index >= 15 is 0 Å². The number of fused-ring (bicyclic) bond motifs is 5. The predicted octanol–water partition coefficient (Wildman–Crippen LogP) is 4.87. The fraction of sp³-hybridized carbons (Fsp3) is 0.615. The zero-order valence-electron chi connectivity index (χ0n) is 30.8. The van der Waals surface area contributed by atoms with Crippen molar-refractivity contribution in [3.05, 3.63) is 52.0 Å². The molecule has 15 heteroatoms. The Morgan fingerprint density at radius 3 is 2.67 bits per heavy atom. The van der Waals surface area contributed by atoms with Crippen molar-refractivity contribution in [3.8, 4) is 0 Å². The molecule has 290 valence electrons. The van der Waals surface area contributed by atoms with Gasteiger partial charge in [0.2, 0.25) is 21.8 Å². The number of hydrogen-bond donors (Lipinski definition) is 3. The molecule has 3 aliphatic carbocycles. The molecule has 4 amide bonds. The molecule has 6 bridgehead atoms. The summed E-state index contributed by atoms with van der Waals surface area (Å²) in [5.41, 5.74) is 2.76. The number of aromatic nitrogens is 1. The number of carbonyl (C=O) groups is 4. The molecule has 54 heavy (non-hydrogen) atoms. The second-order valence-corrected chi connectivity index (χ2v) is 18.8. The van der Waals surface area contributed by atoms with Crippen LogP contribution in [0.1, 0.15) is 106 Å². The number of thiazole rings is 1. The van der Waals surface area contributed by atoms with E-state index in [1.165, 1.54) is 16.2 Å². The molecule has 1 saturated heterocycles.